The Kier molecular flexibility index (Phi) is 4.83. The molecule has 2 unspecified atom stereocenters. The van der Waals surface area contributed by atoms with E-state index < -0.39 is 15.7 Å². The summed E-state index contributed by atoms with van der Waals surface area (Å²) in [6.45, 7) is 18.6. The summed E-state index contributed by atoms with van der Waals surface area (Å²) in [7, 11) is -5.22. The van der Waals surface area contributed by atoms with E-state index in [0.717, 1.165) is 0 Å². The van der Waals surface area contributed by atoms with Crippen LogP contribution in [-0.4, -0.2) is 26.9 Å². The van der Waals surface area contributed by atoms with Gasteiger partial charge in [-0.2, -0.15) is 0 Å². The monoisotopic (exact) mass is 278 g/mol. The Balaban J connectivity index is 5.36. The van der Waals surface area contributed by atoms with Crippen LogP contribution < -0.4 is 10.7 Å². The average molecular weight is 279 g/mol. The van der Waals surface area contributed by atoms with Crippen LogP contribution in [0.15, 0.2) is 0 Å². The van der Waals surface area contributed by atoms with Crippen LogP contribution in [0.2, 0.25) is 19.6 Å². The number of nitrogens with two attached hydrogens (primary N) is 1. The molecule has 17 heavy (non-hydrogen) atoms. The third kappa shape index (κ3) is 4.81. The number of rotatable bonds is 3. The lowest BCUT2D eigenvalue weighted by molar-refractivity contribution is 0.266. The van der Waals surface area contributed by atoms with Gasteiger partial charge in [0.1, 0.15) is 0 Å². The Hall–Kier alpha value is 0.284. The molecule has 0 amide bonds. The summed E-state index contributed by atoms with van der Waals surface area (Å²) in [5, 5.41) is 9.64. The third-order valence-electron chi connectivity index (χ3n) is 3.01. The van der Waals surface area contributed by atoms with Gasteiger partial charge in [-0.3, -0.25) is 4.11 Å². The zero-order chi connectivity index (χ0) is 14.3. The van der Waals surface area contributed by atoms with E-state index in [9.17, 15) is 0 Å². The van der Waals surface area contributed by atoms with Crippen molar-refractivity contribution in [2.24, 2.45) is 10.8 Å². The molecule has 2 atom stereocenters. The summed E-state index contributed by atoms with van der Waals surface area (Å²) in [5.41, 5.74) is -0.466. The van der Waals surface area contributed by atoms with Crippen LogP contribution >= 0.6 is 0 Å². The van der Waals surface area contributed by atoms with Gasteiger partial charge in [0.05, 0.1) is 7.59 Å². The van der Waals surface area contributed by atoms with Gasteiger partial charge in [-0.1, -0.05) is 40.4 Å². The van der Waals surface area contributed by atoms with Crippen LogP contribution in [0.25, 0.3) is 0 Å². The fraction of sp³-hybridized carbons (Fsp3) is 1.00. The highest BCUT2D eigenvalue weighted by Crippen LogP contribution is 2.31. The Labute approximate surface area is 109 Å². The second-order valence-electron chi connectivity index (χ2n) is 8.21. The van der Waals surface area contributed by atoms with Crippen LogP contribution in [0.3, 0.4) is 0 Å². The number of nitrogens with one attached hydrogen (secondary N) is 1. The van der Waals surface area contributed by atoms with Crippen LogP contribution in [0.5, 0.6) is 0 Å². The van der Waals surface area contributed by atoms with E-state index in [1.54, 1.807) is 0 Å². The first kappa shape index (κ1) is 17.3. The third-order valence-corrected chi connectivity index (χ3v) is 14.9. The molecule has 0 aromatic rings. The highest BCUT2D eigenvalue weighted by atomic mass is 29.3. The predicted octanol–water partition coefficient (Wildman–Crippen LogP) is 3.12. The first-order chi connectivity index (χ1) is 7.09. The van der Waals surface area contributed by atoms with Crippen molar-refractivity contribution in [2.75, 3.05) is 0 Å². The molecule has 0 aliphatic carbocycles. The molecular weight excluding hydrogens is 247 g/mol. The summed E-state index contributed by atoms with van der Waals surface area (Å²) < 4.78 is 15.2. The molecule has 0 aliphatic rings. The molecule has 2 nitrogen and oxygen atoms in total. The maximum atomic E-state index is 15.2. The summed E-state index contributed by atoms with van der Waals surface area (Å²) in [5.74, 6) is 0. The van der Waals surface area contributed by atoms with E-state index in [1.165, 1.54) is 0 Å². The molecule has 5 heteroatoms. The smallest absolute Gasteiger partial charge is 0.315 e. The van der Waals surface area contributed by atoms with E-state index in [4.69, 9.17) is 5.40 Å². The molecule has 0 aromatic heterocycles. The van der Waals surface area contributed by atoms with Gasteiger partial charge < -0.3 is 10.7 Å². The average Bonchev–Trinajstić information content (AvgIpc) is 1.93. The molecule has 0 saturated carbocycles. The fourth-order valence-electron chi connectivity index (χ4n) is 1.82. The quantitative estimate of drug-likeness (QED) is 0.615. The fourth-order valence-corrected chi connectivity index (χ4v) is 8.70. The highest BCUT2D eigenvalue weighted by molar-refractivity contribution is 7.37. The van der Waals surface area contributed by atoms with Crippen molar-refractivity contribution < 1.29 is 4.11 Å². The molecule has 0 heterocycles. The molecule has 104 valence electrons. The maximum absolute atomic E-state index is 15.2. The minimum absolute atomic E-state index is 0.110. The summed E-state index contributed by atoms with van der Waals surface area (Å²) in [6, 6.07) is 0. The molecule has 3 N–H and O–H groups in total. The van der Waals surface area contributed by atoms with Gasteiger partial charge in [-0.05, 0) is 26.2 Å². The van der Waals surface area contributed by atoms with E-state index in [2.05, 4.69) is 46.9 Å². The van der Waals surface area contributed by atoms with Crippen LogP contribution in [0.1, 0.15) is 41.5 Å². The van der Waals surface area contributed by atoms with Gasteiger partial charge in [-0.25, -0.2) is 0 Å². The molecule has 0 fully saturated rings. The van der Waals surface area contributed by atoms with Crippen molar-refractivity contribution in [3.05, 3.63) is 0 Å². The zero-order valence-corrected chi connectivity index (χ0v) is 15.0. The predicted molar refractivity (Wildman–Crippen MR) is 80.5 cm³/mol. The maximum Gasteiger partial charge on any atom is 0.315 e. The molecule has 0 rings (SSSR count). The molecule has 0 radical (unpaired) electrons. The minimum atomic E-state index is -3.25. The van der Waals surface area contributed by atoms with Crippen molar-refractivity contribution >= 4 is 15.7 Å². The van der Waals surface area contributed by atoms with Crippen molar-refractivity contribution in [3.63, 3.8) is 0 Å². The second-order valence-corrected chi connectivity index (χ2v) is 21.6. The van der Waals surface area contributed by atoms with Gasteiger partial charge in [-0.15, -0.1) is 0 Å². The first-order valence-electron chi connectivity index (χ1n) is 6.34. The van der Waals surface area contributed by atoms with E-state index >= 15 is 4.11 Å². The first-order valence-corrected chi connectivity index (χ1v) is 12.9. The SMILES string of the molecule is CC(C)(C)NC(C(C)(C)C)[Si](N)(F)[Si](C)(C)C. The zero-order valence-electron chi connectivity index (χ0n) is 13.0. The lowest BCUT2D eigenvalue weighted by Crippen LogP contribution is -2.77. The Morgan fingerprint density at radius 1 is 1.00 bits per heavy atom. The molecule has 0 saturated heterocycles. The Morgan fingerprint density at radius 2 is 1.35 bits per heavy atom. The summed E-state index contributed by atoms with van der Waals surface area (Å²) in [4.78, 5) is 0. The largest absolute Gasteiger partial charge is 0.327 e. The van der Waals surface area contributed by atoms with Crippen molar-refractivity contribution in [1.82, 2.24) is 5.32 Å². The lowest BCUT2D eigenvalue weighted by Gasteiger charge is -2.46. The number of hydrogen-bond acceptors (Lipinski definition) is 2. The normalized spacial score (nSPS) is 19.9. The Bertz CT molecular complexity index is 259. The number of halogens is 1. The summed E-state index contributed by atoms with van der Waals surface area (Å²) in [6.07, 6.45) is 0. The molecule has 0 aromatic carbocycles. The Morgan fingerprint density at radius 3 is 1.53 bits per heavy atom. The molecule has 0 spiro atoms. The van der Waals surface area contributed by atoms with Gasteiger partial charge in [0, 0.05) is 11.2 Å². The number of hydrogen-bond donors (Lipinski definition) is 2. The van der Waals surface area contributed by atoms with Crippen molar-refractivity contribution in [2.45, 2.75) is 72.4 Å². The van der Waals surface area contributed by atoms with Crippen molar-refractivity contribution in [3.8, 4) is 0 Å². The van der Waals surface area contributed by atoms with Gasteiger partial charge in [0.25, 0.3) is 0 Å². The topological polar surface area (TPSA) is 38.0 Å². The minimum Gasteiger partial charge on any atom is -0.327 e. The van der Waals surface area contributed by atoms with E-state index in [0.29, 0.717) is 0 Å². The highest BCUT2D eigenvalue weighted by Gasteiger charge is 2.55. The van der Waals surface area contributed by atoms with Gasteiger partial charge in [0.2, 0.25) is 0 Å². The van der Waals surface area contributed by atoms with E-state index in [1.807, 2.05) is 19.6 Å². The lowest BCUT2D eigenvalue weighted by atomic mass is 9.94. The molecular formula is C12H31FN2Si2. The summed E-state index contributed by atoms with van der Waals surface area (Å²) >= 11 is 0. The van der Waals surface area contributed by atoms with Crippen LogP contribution in [-0.2, 0) is 0 Å². The standard InChI is InChI=1S/C12H31FN2Si2/c1-11(2,3)10(15-12(4,5)6)17(13,14)16(7,8)9/h10,15H,14H2,1-9H3. The van der Waals surface area contributed by atoms with E-state index in [-0.39, 0.29) is 16.6 Å². The van der Waals surface area contributed by atoms with Crippen LogP contribution in [0.4, 0.5) is 4.11 Å². The van der Waals surface area contributed by atoms with Gasteiger partial charge in [0.15, 0.2) is 0 Å². The molecule has 0 bridgehead atoms. The molecule has 0 aliphatic heterocycles. The second kappa shape index (κ2) is 4.75. The van der Waals surface area contributed by atoms with Crippen molar-refractivity contribution in [1.29, 1.82) is 0 Å². The van der Waals surface area contributed by atoms with Gasteiger partial charge >= 0.3 is 8.09 Å². The van der Waals surface area contributed by atoms with Crippen LogP contribution in [0, 0.1) is 5.41 Å².